The Bertz CT molecular complexity index is 1270. The third-order valence-corrected chi connectivity index (χ3v) is 5.25. The van der Waals surface area contributed by atoms with Gasteiger partial charge in [0.2, 0.25) is 5.28 Å². The lowest BCUT2D eigenvalue weighted by Crippen LogP contribution is -2.44. The standard InChI is InChI=1S/C25H35ClFN5O9/c1-23(2,3)39-20(34)32(21(35)40-24(4,5)6)17-14-16(29-19(26)30-17)31(11-28-14)18-13(27)15(12(10-33)37-18)38-22(36)41-25(7,8)9/h11-13,15,18,33H,10H2,1-9H3/t12-,13+,15-,18-/m1/s1. The van der Waals surface area contributed by atoms with Crippen LogP contribution in [0.3, 0.4) is 0 Å². The number of hydrogen-bond acceptors (Lipinski definition) is 12. The van der Waals surface area contributed by atoms with E-state index in [1.807, 2.05) is 0 Å². The summed E-state index contributed by atoms with van der Waals surface area (Å²) in [7, 11) is 0. The Morgan fingerprint density at radius 2 is 1.54 bits per heavy atom. The maximum absolute atomic E-state index is 15.7. The Balaban J connectivity index is 2.06. The lowest BCUT2D eigenvalue weighted by atomic mass is 10.1. The van der Waals surface area contributed by atoms with Gasteiger partial charge in [-0.25, -0.2) is 23.8 Å². The topological polar surface area (TPSA) is 164 Å². The molecular weight excluding hydrogens is 569 g/mol. The fourth-order valence-electron chi connectivity index (χ4n) is 3.67. The predicted octanol–water partition coefficient (Wildman–Crippen LogP) is 4.70. The summed E-state index contributed by atoms with van der Waals surface area (Å²) in [6.45, 7) is 13.7. The van der Waals surface area contributed by atoms with Crippen LogP contribution in [-0.2, 0) is 23.7 Å². The molecule has 1 saturated heterocycles. The van der Waals surface area contributed by atoms with Crippen LogP contribution in [0.4, 0.5) is 24.6 Å². The van der Waals surface area contributed by atoms with Gasteiger partial charge in [0.1, 0.15) is 22.9 Å². The van der Waals surface area contributed by atoms with Crippen molar-refractivity contribution in [3.63, 3.8) is 0 Å². The number of aliphatic hydroxyl groups is 1. The van der Waals surface area contributed by atoms with Gasteiger partial charge in [0.05, 0.1) is 12.9 Å². The van der Waals surface area contributed by atoms with Crippen molar-refractivity contribution in [3.05, 3.63) is 11.6 Å². The number of imide groups is 1. The molecule has 3 rings (SSSR count). The van der Waals surface area contributed by atoms with E-state index in [1.165, 1.54) is 0 Å². The van der Waals surface area contributed by atoms with Crippen molar-refractivity contribution < 1.29 is 47.6 Å². The average molecular weight is 604 g/mol. The number of aliphatic hydroxyl groups excluding tert-OH is 1. The van der Waals surface area contributed by atoms with Crippen LogP contribution in [-0.4, -0.2) is 84.8 Å². The number of aromatic nitrogens is 4. The summed E-state index contributed by atoms with van der Waals surface area (Å²) in [6.07, 6.45) is -8.66. The summed E-state index contributed by atoms with van der Waals surface area (Å²) < 4.78 is 43.5. The summed E-state index contributed by atoms with van der Waals surface area (Å²) in [5.41, 5.74) is -3.21. The van der Waals surface area contributed by atoms with Crippen molar-refractivity contribution in [1.82, 2.24) is 19.5 Å². The first kappa shape index (κ1) is 32.2. The Kier molecular flexibility index (Phi) is 9.06. The van der Waals surface area contributed by atoms with Crippen LogP contribution >= 0.6 is 11.6 Å². The molecule has 0 saturated carbocycles. The highest BCUT2D eigenvalue weighted by atomic mass is 35.5. The zero-order valence-corrected chi connectivity index (χ0v) is 25.1. The number of fused-ring (bicyclic) bond motifs is 1. The van der Waals surface area contributed by atoms with Crippen LogP contribution < -0.4 is 4.90 Å². The van der Waals surface area contributed by atoms with Crippen LogP contribution in [0.2, 0.25) is 5.28 Å². The molecule has 0 bridgehead atoms. The van der Waals surface area contributed by atoms with Crippen molar-refractivity contribution in [2.24, 2.45) is 0 Å². The molecule has 1 N–H and O–H groups in total. The first-order chi connectivity index (χ1) is 18.7. The lowest BCUT2D eigenvalue weighted by Gasteiger charge is -2.28. The van der Waals surface area contributed by atoms with Gasteiger partial charge in [0.15, 0.2) is 35.5 Å². The van der Waals surface area contributed by atoms with E-state index in [0.29, 0.717) is 4.90 Å². The largest absolute Gasteiger partial charge is 0.509 e. The Labute approximate surface area is 241 Å². The smallest absolute Gasteiger partial charge is 0.443 e. The molecule has 41 heavy (non-hydrogen) atoms. The van der Waals surface area contributed by atoms with Gasteiger partial charge in [0, 0.05) is 0 Å². The fraction of sp³-hybridized carbons (Fsp3) is 0.680. The van der Waals surface area contributed by atoms with E-state index < -0.39 is 77.5 Å². The molecule has 1 fully saturated rings. The highest BCUT2D eigenvalue weighted by Gasteiger charge is 2.50. The van der Waals surface area contributed by atoms with E-state index >= 15 is 4.39 Å². The number of carbonyl (C=O) groups is 3. The molecule has 16 heteroatoms. The van der Waals surface area contributed by atoms with Gasteiger partial charge in [-0.3, -0.25) is 4.57 Å². The quantitative estimate of drug-likeness (QED) is 0.291. The number of imidazole rings is 1. The van der Waals surface area contributed by atoms with Crippen molar-refractivity contribution in [3.8, 4) is 0 Å². The van der Waals surface area contributed by atoms with E-state index in [-0.39, 0.29) is 11.2 Å². The maximum atomic E-state index is 15.7. The summed E-state index contributed by atoms with van der Waals surface area (Å²) in [5.74, 6) is -0.393. The normalized spacial score (nSPS) is 21.5. The number of carbonyl (C=O) groups excluding carboxylic acids is 3. The zero-order chi connectivity index (χ0) is 31.1. The van der Waals surface area contributed by atoms with Gasteiger partial charge < -0.3 is 28.8 Å². The highest BCUT2D eigenvalue weighted by molar-refractivity contribution is 6.29. The third-order valence-electron chi connectivity index (χ3n) is 5.08. The molecule has 0 aliphatic carbocycles. The minimum Gasteiger partial charge on any atom is -0.443 e. The first-order valence-electron chi connectivity index (χ1n) is 12.7. The van der Waals surface area contributed by atoms with Gasteiger partial charge in [-0.2, -0.15) is 14.9 Å². The second-order valence-corrected chi connectivity index (χ2v) is 12.5. The van der Waals surface area contributed by atoms with E-state index in [4.69, 9.17) is 35.3 Å². The molecule has 1 aliphatic rings. The summed E-state index contributed by atoms with van der Waals surface area (Å²) >= 11 is 6.18. The number of alkyl halides is 1. The van der Waals surface area contributed by atoms with Gasteiger partial charge >= 0.3 is 18.3 Å². The van der Waals surface area contributed by atoms with Crippen molar-refractivity contribution in [1.29, 1.82) is 0 Å². The van der Waals surface area contributed by atoms with Crippen molar-refractivity contribution in [2.75, 3.05) is 11.5 Å². The van der Waals surface area contributed by atoms with Gasteiger partial charge in [-0.15, -0.1) is 0 Å². The molecule has 0 spiro atoms. The summed E-state index contributed by atoms with van der Waals surface area (Å²) in [6, 6.07) is 0. The third kappa shape index (κ3) is 7.92. The van der Waals surface area contributed by atoms with E-state index in [0.717, 1.165) is 10.9 Å². The van der Waals surface area contributed by atoms with Crippen LogP contribution in [0, 0.1) is 0 Å². The SMILES string of the molecule is CC(C)(C)OC(=O)O[C@H]1[C@H](F)[C@H](n2cnc3c(N(C(=O)OC(C)(C)C)C(=O)OC(C)(C)C)nc(Cl)nc32)O[C@@H]1CO. The van der Waals surface area contributed by atoms with Crippen molar-refractivity contribution >= 4 is 46.9 Å². The number of hydrogen-bond donors (Lipinski definition) is 1. The second kappa shape index (κ2) is 11.5. The molecule has 0 unspecified atom stereocenters. The van der Waals surface area contributed by atoms with E-state index in [9.17, 15) is 19.5 Å². The Morgan fingerprint density at radius 1 is 1.00 bits per heavy atom. The highest BCUT2D eigenvalue weighted by Crippen LogP contribution is 2.37. The second-order valence-electron chi connectivity index (χ2n) is 12.2. The molecule has 3 heterocycles. The molecular formula is C25H35ClFN5O9. The van der Waals surface area contributed by atoms with Gasteiger partial charge in [-0.05, 0) is 73.9 Å². The summed E-state index contributed by atoms with van der Waals surface area (Å²) in [4.78, 5) is 51.4. The molecule has 1 aliphatic heterocycles. The molecule has 2 aromatic heterocycles. The van der Waals surface area contributed by atoms with Gasteiger partial charge in [0.25, 0.3) is 0 Å². The molecule has 228 valence electrons. The number of rotatable bonds is 4. The lowest BCUT2D eigenvalue weighted by molar-refractivity contribution is -0.0682. The minimum atomic E-state index is -2.03. The fourth-order valence-corrected chi connectivity index (χ4v) is 3.83. The summed E-state index contributed by atoms with van der Waals surface area (Å²) in [5, 5.41) is 9.36. The van der Waals surface area contributed by atoms with E-state index in [1.54, 1.807) is 62.3 Å². The van der Waals surface area contributed by atoms with E-state index in [2.05, 4.69) is 15.0 Å². The number of amides is 2. The van der Waals surface area contributed by atoms with Crippen LogP contribution in [0.1, 0.15) is 68.5 Å². The Morgan fingerprint density at radius 3 is 2.02 bits per heavy atom. The molecule has 0 aromatic carbocycles. The molecule has 2 aromatic rings. The Hall–Kier alpha value is -3.30. The molecule has 0 radical (unpaired) electrons. The molecule has 2 amide bonds. The van der Waals surface area contributed by atoms with Gasteiger partial charge in [-0.1, -0.05) is 0 Å². The number of ether oxygens (including phenoxy) is 5. The minimum absolute atomic E-state index is 0.139. The molecule has 14 nitrogen and oxygen atoms in total. The monoisotopic (exact) mass is 603 g/mol. The van der Waals surface area contributed by atoms with Crippen molar-refractivity contribution in [2.45, 2.75) is 104 Å². The predicted molar refractivity (Wildman–Crippen MR) is 142 cm³/mol. The first-order valence-corrected chi connectivity index (χ1v) is 13.0. The average Bonchev–Trinajstić information content (AvgIpc) is 3.31. The van der Waals surface area contributed by atoms with Crippen LogP contribution in [0.5, 0.6) is 0 Å². The van der Waals surface area contributed by atoms with Crippen LogP contribution in [0.15, 0.2) is 6.33 Å². The van der Waals surface area contributed by atoms with Crippen LogP contribution in [0.25, 0.3) is 11.2 Å². The molecule has 4 atom stereocenters. The number of nitrogens with zero attached hydrogens (tertiary/aromatic N) is 5. The number of anilines is 1. The number of halogens is 2. The maximum Gasteiger partial charge on any atom is 0.509 e. The zero-order valence-electron chi connectivity index (χ0n) is 24.3.